The van der Waals surface area contributed by atoms with E-state index in [9.17, 15) is 18.0 Å². The molecule has 1 heterocycles. The Hall–Kier alpha value is -1.60. The summed E-state index contributed by atoms with van der Waals surface area (Å²) >= 11 is 9.08. The third kappa shape index (κ3) is 3.74. The predicted octanol–water partition coefficient (Wildman–Crippen LogP) is 4.77. The monoisotopic (exact) mass is 378 g/mol. The van der Waals surface area contributed by atoms with Crippen LogP contribution in [0.1, 0.15) is 16.1 Å². The van der Waals surface area contributed by atoms with Crippen molar-refractivity contribution in [1.82, 2.24) is 4.98 Å². The van der Waals surface area contributed by atoms with Crippen LogP contribution in [0.2, 0.25) is 5.02 Å². The van der Waals surface area contributed by atoms with E-state index in [-0.39, 0.29) is 5.69 Å². The summed E-state index contributed by atoms with van der Waals surface area (Å²) in [5.74, 6) is -0.633. The van der Waals surface area contributed by atoms with Crippen LogP contribution in [0.4, 0.5) is 18.9 Å². The van der Waals surface area contributed by atoms with Gasteiger partial charge in [-0.15, -0.1) is 0 Å². The average molecular weight is 380 g/mol. The van der Waals surface area contributed by atoms with Crippen LogP contribution >= 0.6 is 27.5 Å². The quantitative estimate of drug-likeness (QED) is 0.817. The average Bonchev–Trinajstić information content (AvgIpc) is 2.43. The molecule has 8 heteroatoms. The van der Waals surface area contributed by atoms with Crippen LogP contribution in [-0.2, 0) is 6.18 Å². The van der Waals surface area contributed by atoms with Crippen LogP contribution in [0.15, 0.2) is 41.0 Å². The lowest BCUT2D eigenvalue weighted by Crippen LogP contribution is -2.15. The molecule has 0 aliphatic carbocycles. The second kappa shape index (κ2) is 6.03. The van der Waals surface area contributed by atoms with Gasteiger partial charge < -0.3 is 5.32 Å². The number of amides is 1. The van der Waals surface area contributed by atoms with Crippen molar-refractivity contribution in [2.45, 2.75) is 6.18 Å². The molecule has 110 valence electrons. The third-order valence-corrected chi connectivity index (χ3v) is 3.92. The molecule has 1 aromatic heterocycles. The fourth-order valence-corrected chi connectivity index (χ4v) is 2.02. The first-order valence-electron chi connectivity index (χ1n) is 5.57. The first-order valence-corrected chi connectivity index (χ1v) is 6.75. The minimum absolute atomic E-state index is 0.130. The molecule has 1 amide bonds. The van der Waals surface area contributed by atoms with Gasteiger partial charge >= 0.3 is 6.18 Å². The van der Waals surface area contributed by atoms with Crippen LogP contribution in [0, 0.1) is 0 Å². The number of anilines is 1. The van der Waals surface area contributed by atoms with E-state index in [0.29, 0.717) is 21.4 Å². The van der Waals surface area contributed by atoms with E-state index in [2.05, 4.69) is 26.2 Å². The lowest BCUT2D eigenvalue weighted by Gasteiger charge is -2.09. The van der Waals surface area contributed by atoms with Gasteiger partial charge in [0, 0.05) is 6.20 Å². The minimum atomic E-state index is -4.49. The lowest BCUT2D eigenvalue weighted by molar-refractivity contribution is -0.137. The molecule has 0 atom stereocenters. The largest absolute Gasteiger partial charge is 0.417 e. The molecule has 0 spiro atoms. The highest BCUT2D eigenvalue weighted by Gasteiger charge is 2.30. The van der Waals surface area contributed by atoms with Crippen molar-refractivity contribution < 1.29 is 18.0 Å². The zero-order valence-corrected chi connectivity index (χ0v) is 12.6. The Balaban J connectivity index is 2.19. The van der Waals surface area contributed by atoms with Gasteiger partial charge in [-0.2, -0.15) is 13.2 Å². The number of carbonyl (C=O) groups is 1. The topological polar surface area (TPSA) is 42.0 Å². The van der Waals surface area contributed by atoms with Crippen LogP contribution in [0.3, 0.4) is 0 Å². The molecule has 0 aliphatic rings. The van der Waals surface area contributed by atoms with E-state index in [1.54, 1.807) is 18.2 Å². The van der Waals surface area contributed by atoms with Crippen molar-refractivity contribution in [3.63, 3.8) is 0 Å². The summed E-state index contributed by atoms with van der Waals surface area (Å²) < 4.78 is 37.7. The second-order valence-corrected chi connectivity index (χ2v) is 5.19. The van der Waals surface area contributed by atoms with Crippen molar-refractivity contribution in [1.29, 1.82) is 0 Å². The van der Waals surface area contributed by atoms with E-state index >= 15 is 0 Å². The van der Waals surface area contributed by atoms with E-state index < -0.39 is 17.6 Å². The number of nitrogens with zero attached hydrogens (tertiary/aromatic N) is 1. The maximum atomic E-state index is 12.4. The van der Waals surface area contributed by atoms with E-state index in [4.69, 9.17) is 11.6 Å². The molecule has 0 aliphatic heterocycles. The molecular formula is C13H7BrClF3N2O. The van der Waals surface area contributed by atoms with E-state index in [1.165, 1.54) is 0 Å². The van der Waals surface area contributed by atoms with Crippen LogP contribution in [0.5, 0.6) is 0 Å². The summed E-state index contributed by atoms with van der Waals surface area (Å²) in [5, 5.41) is 2.91. The number of benzene rings is 1. The molecule has 0 fully saturated rings. The number of hydrogen-bond donors (Lipinski definition) is 1. The Morgan fingerprint density at radius 3 is 2.52 bits per heavy atom. The summed E-state index contributed by atoms with van der Waals surface area (Å²) in [6.07, 6.45) is -3.88. The molecule has 1 N–H and O–H groups in total. The molecule has 3 nitrogen and oxygen atoms in total. The Morgan fingerprint density at radius 1 is 1.24 bits per heavy atom. The van der Waals surface area contributed by atoms with Crippen molar-refractivity contribution in [2.24, 2.45) is 0 Å². The summed E-state index contributed by atoms with van der Waals surface area (Å²) in [7, 11) is 0. The molecule has 0 radical (unpaired) electrons. The van der Waals surface area contributed by atoms with Crippen LogP contribution in [-0.4, -0.2) is 10.9 Å². The van der Waals surface area contributed by atoms with E-state index in [0.717, 1.165) is 12.1 Å². The first kappa shape index (κ1) is 15.8. The van der Waals surface area contributed by atoms with Crippen molar-refractivity contribution in [3.8, 4) is 0 Å². The molecule has 1 aromatic carbocycles. The fraction of sp³-hybridized carbons (Fsp3) is 0.0769. The fourth-order valence-electron chi connectivity index (χ4n) is 1.48. The van der Waals surface area contributed by atoms with Gasteiger partial charge in [-0.1, -0.05) is 17.7 Å². The molecule has 0 unspecified atom stereocenters. The van der Waals surface area contributed by atoms with Crippen molar-refractivity contribution in [2.75, 3.05) is 5.32 Å². The zero-order chi connectivity index (χ0) is 15.6. The smallest absolute Gasteiger partial charge is 0.320 e. The van der Waals surface area contributed by atoms with Gasteiger partial charge in [0.25, 0.3) is 5.91 Å². The molecule has 21 heavy (non-hydrogen) atoms. The number of pyridine rings is 1. The number of alkyl halides is 3. The van der Waals surface area contributed by atoms with Gasteiger partial charge in [-0.3, -0.25) is 9.78 Å². The highest BCUT2D eigenvalue weighted by molar-refractivity contribution is 9.10. The van der Waals surface area contributed by atoms with E-state index in [1.807, 2.05) is 0 Å². The molecule has 0 bridgehead atoms. The number of hydrogen-bond acceptors (Lipinski definition) is 2. The van der Waals surface area contributed by atoms with Gasteiger partial charge in [0.1, 0.15) is 5.69 Å². The number of halogens is 5. The second-order valence-electron chi connectivity index (χ2n) is 3.99. The molecule has 2 aromatic rings. The summed E-state index contributed by atoms with van der Waals surface area (Å²) in [6.45, 7) is 0. The summed E-state index contributed by atoms with van der Waals surface area (Å²) in [6, 6.07) is 6.66. The maximum absolute atomic E-state index is 12.4. The number of carbonyl (C=O) groups excluding carboxylic acids is 1. The normalized spacial score (nSPS) is 11.3. The summed E-state index contributed by atoms with van der Waals surface area (Å²) in [5.41, 5.74) is -0.646. The Kier molecular flexibility index (Phi) is 4.53. The molecule has 0 saturated carbocycles. The minimum Gasteiger partial charge on any atom is -0.320 e. The maximum Gasteiger partial charge on any atom is 0.417 e. The van der Waals surface area contributed by atoms with Gasteiger partial charge in [0.2, 0.25) is 0 Å². The van der Waals surface area contributed by atoms with Crippen molar-refractivity contribution in [3.05, 3.63) is 57.3 Å². The SMILES string of the molecule is O=C(Nc1cccc(Cl)c1Br)c1ccc(C(F)(F)F)cn1. The standard InChI is InChI=1S/C13H7BrClF3N2O/c14-11-8(15)2-1-3-9(11)20-12(21)10-5-4-7(6-19-10)13(16,17)18/h1-6H,(H,20,21). The van der Waals surface area contributed by atoms with Crippen LogP contribution < -0.4 is 5.32 Å². The summed E-state index contributed by atoms with van der Waals surface area (Å²) in [4.78, 5) is 15.4. The molecule has 2 rings (SSSR count). The van der Waals surface area contributed by atoms with Gasteiger partial charge in [-0.25, -0.2) is 0 Å². The molecular weight excluding hydrogens is 373 g/mol. The van der Waals surface area contributed by atoms with Crippen LogP contribution in [0.25, 0.3) is 0 Å². The number of rotatable bonds is 2. The third-order valence-electron chi connectivity index (χ3n) is 2.52. The Bertz CT molecular complexity index is 674. The van der Waals surface area contributed by atoms with Gasteiger partial charge in [0.15, 0.2) is 0 Å². The lowest BCUT2D eigenvalue weighted by atomic mass is 10.2. The predicted molar refractivity (Wildman–Crippen MR) is 76.3 cm³/mol. The number of nitrogens with one attached hydrogen (secondary N) is 1. The van der Waals surface area contributed by atoms with Gasteiger partial charge in [0.05, 0.1) is 20.7 Å². The van der Waals surface area contributed by atoms with Crippen molar-refractivity contribution >= 4 is 39.1 Å². The highest BCUT2D eigenvalue weighted by atomic mass is 79.9. The molecule has 0 saturated heterocycles. The first-order chi connectivity index (χ1) is 9.79. The van der Waals surface area contributed by atoms with Gasteiger partial charge in [-0.05, 0) is 40.2 Å². The highest BCUT2D eigenvalue weighted by Crippen LogP contribution is 2.31. The Morgan fingerprint density at radius 2 is 1.95 bits per heavy atom. The number of aromatic nitrogens is 1. The zero-order valence-electron chi connectivity index (χ0n) is 10.2. The Labute approximate surface area is 131 Å².